The SMILES string of the molecule is CC(NC(=O)c1cccs1)C(=O)Nc1ccc(C(=O)O)s1. The topological polar surface area (TPSA) is 95.5 Å². The smallest absolute Gasteiger partial charge is 0.345 e. The van der Waals surface area contributed by atoms with Crippen molar-refractivity contribution in [2.45, 2.75) is 13.0 Å². The molecule has 0 aliphatic heterocycles. The highest BCUT2D eigenvalue weighted by Crippen LogP contribution is 2.21. The number of hydrogen-bond acceptors (Lipinski definition) is 5. The van der Waals surface area contributed by atoms with Gasteiger partial charge in [0.2, 0.25) is 5.91 Å². The van der Waals surface area contributed by atoms with Crippen molar-refractivity contribution in [3.63, 3.8) is 0 Å². The Bertz CT molecular complexity index is 664. The van der Waals surface area contributed by atoms with E-state index in [2.05, 4.69) is 10.6 Å². The molecule has 0 aliphatic rings. The van der Waals surface area contributed by atoms with Gasteiger partial charge in [-0.3, -0.25) is 9.59 Å². The highest BCUT2D eigenvalue weighted by molar-refractivity contribution is 7.18. The lowest BCUT2D eigenvalue weighted by atomic mass is 10.3. The molecule has 0 radical (unpaired) electrons. The Hall–Kier alpha value is -2.19. The lowest BCUT2D eigenvalue weighted by Gasteiger charge is -2.12. The fourth-order valence-electron chi connectivity index (χ4n) is 1.49. The number of thiophene rings is 2. The van der Waals surface area contributed by atoms with E-state index >= 15 is 0 Å². The number of hydrogen-bond donors (Lipinski definition) is 3. The maximum atomic E-state index is 11.9. The van der Waals surface area contributed by atoms with Crippen molar-refractivity contribution >= 4 is 45.5 Å². The van der Waals surface area contributed by atoms with Crippen LogP contribution in [-0.4, -0.2) is 28.9 Å². The fraction of sp³-hybridized carbons (Fsp3) is 0.154. The number of carbonyl (C=O) groups is 3. The predicted octanol–water partition coefficient (Wildman–Crippen LogP) is 2.26. The minimum atomic E-state index is -1.04. The molecule has 0 spiro atoms. The number of carboxylic acids is 1. The summed E-state index contributed by atoms with van der Waals surface area (Å²) < 4.78 is 0. The number of carbonyl (C=O) groups excluding carboxylic acids is 2. The standard InChI is InChI=1S/C13H12N2O4S2/c1-7(14-12(17)8-3-2-6-20-8)11(16)15-10-5-4-9(21-10)13(18)19/h2-7H,1H3,(H,14,17)(H,15,16)(H,18,19). The van der Waals surface area contributed by atoms with Gasteiger partial charge in [0.05, 0.1) is 9.88 Å². The van der Waals surface area contributed by atoms with Gasteiger partial charge in [0.15, 0.2) is 0 Å². The second kappa shape index (κ2) is 6.51. The summed E-state index contributed by atoms with van der Waals surface area (Å²) in [7, 11) is 0. The van der Waals surface area contributed by atoms with E-state index in [1.807, 2.05) is 0 Å². The van der Waals surface area contributed by atoms with Crippen molar-refractivity contribution in [2.24, 2.45) is 0 Å². The molecule has 110 valence electrons. The molecule has 1 unspecified atom stereocenters. The monoisotopic (exact) mass is 324 g/mol. The van der Waals surface area contributed by atoms with Crippen molar-refractivity contribution in [3.05, 3.63) is 39.4 Å². The molecule has 3 N–H and O–H groups in total. The first kappa shape index (κ1) is 15.2. The summed E-state index contributed by atoms with van der Waals surface area (Å²) in [6, 6.07) is 5.62. The third-order valence-corrected chi connectivity index (χ3v) is 4.41. The summed E-state index contributed by atoms with van der Waals surface area (Å²) >= 11 is 2.25. The normalized spacial score (nSPS) is 11.7. The van der Waals surface area contributed by atoms with Gasteiger partial charge in [-0.05, 0) is 30.5 Å². The van der Waals surface area contributed by atoms with Crippen LogP contribution in [0, 0.1) is 0 Å². The van der Waals surface area contributed by atoms with Crippen LogP contribution in [0.2, 0.25) is 0 Å². The van der Waals surface area contributed by atoms with Gasteiger partial charge >= 0.3 is 5.97 Å². The first-order valence-corrected chi connectivity index (χ1v) is 7.65. The Morgan fingerprint density at radius 2 is 1.95 bits per heavy atom. The van der Waals surface area contributed by atoms with Gasteiger partial charge in [0.25, 0.3) is 5.91 Å². The second-order valence-corrected chi connectivity index (χ2v) is 6.16. The largest absolute Gasteiger partial charge is 0.477 e. The molecular formula is C13H12N2O4S2. The quantitative estimate of drug-likeness (QED) is 0.786. The number of carboxylic acid groups (broad SMARTS) is 1. The zero-order valence-electron chi connectivity index (χ0n) is 11.0. The first-order valence-electron chi connectivity index (χ1n) is 5.95. The van der Waals surface area contributed by atoms with E-state index in [0.717, 1.165) is 11.3 Å². The van der Waals surface area contributed by atoms with Crippen LogP contribution in [0.3, 0.4) is 0 Å². The Morgan fingerprint density at radius 3 is 2.52 bits per heavy atom. The first-order chi connectivity index (χ1) is 9.97. The van der Waals surface area contributed by atoms with Crippen molar-refractivity contribution in [3.8, 4) is 0 Å². The molecule has 1 atom stereocenters. The molecule has 2 rings (SSSR count). The Labute approximate surface area is 128 Å². The summed E-state index contributed by atoms with van der Waals surface area (Å²) in [6.45, 7) is 1.56. The highest BCUT2D eigenvalue weighted by Gasteiger charge is 2.18. The van der Waals surface area contributed by atoms with Crippen LogP contribution in [0.25, 0.3) is 0 Å². The number of anilines is 1. The van der Waals surface area contributed by atoms with E-state index < -0.39 is 17.9 Å². The number of aromatic carboxylic acids is 1. The molecule has 0 bridgehead atoms. The van der Waals surface area contributed by atoms with E-state index in [1.165, 1.54) is 23.5 Å². The number of amides is 2. The van der Waals surface area contributed by atoms with E-state index in [9.17, 15) is 14.4 Å². The van der Waals surface area contributed by atoms with Gasteiger partial charge in [-0.1, -0.05) is 6.07 Å². The van der Waals surface area contributed by atoms with Gasteiger partial charge < -0.3 is 15.7 Å². The molecule has 2 amide bonds. The molecule has 2 heterocycles. The van der Waals surface area contributed by atoms with Gasteiger partial charge in [-0.2, -0.15) is 0 Å². The molecule has 8 heteroatoms. The number of nitrogens with one attached hydrogen (secondary N) is 2. The van der Waals surface area contributed by atoms with Crippen LogP contribution in [0.5, 0.6) is 0 Å². The molecule has 0 aliphatic carbocycles. The minimum Gasteiger partial charge on any atom is -0.477 e. The highest BCUT2D eigenvalue weighted by atomic mass is 32.1. The Balaban J connectivity index is 1.93. The van der Waals surface area contributed by atoms with Gasteiger partial charge in [0.1, 0.15) is 10.9 Å². The molecule has 0 saturated carbocycles. The third kappa shape index (κ3) is 3.89. The summed E-state index contributed by atoms with van der Waals surface area (Å²) in [5.74, 6) is -1.76. The average Bonchev–Trinajstić information content (AvgIpc) is 3.09. The van der Waals surface area contributed by atoms with E-state index in [-0.39, 0.29) is 10.8 Å². The van der Waals surface area contributed by atoms with Crippen LogP contribution in [0.15, 0.2) is 29.6 Å². The molecule has 2 aromatic rings. The molecular weight excluding hydrogens is 312 g/mol. The van der Waals surface area contributed by atoms with Gasteiger partial charge in [0, 0.05) is 0 Å². The zero-order chi connectivity index (χ0) is 15.4. The third-order valence-electron chi connectivity index (χ3n) is 2.55. The summed E-state index contributed by atoms with van der Waals surface area (Å²) in [5.41, 5.74) is 0. The Kier molecular flexibility index (Phi) is 4.71. The minimum absolute atomic E-state index is 0.139. The summed E-state index contributed by atoms with van der Waals surface area (Å²) in [4.78, 5) is 35.2. The second-order valence-electron chi connectivity index (χ2n) is 4.13. The van der Waals surface area contributed by atoms with Crippen LogP contribution >= 0.6 is 22.7 Å². The van der Waals surface area contributed by atoms with E-state index in [4.69, 9.17) is 5.11 Å². The van der Waals surface area contributed by atoms with Crippen LogP contribution in [0.1, 0.15) is 26.3 Å². The summed E-state index contributed by atoms with van der Waals surface area (Å²) in [5, 5.41) is 16.2. The maximum Gasteiger partial charge on any atom is 0.345 e. The van der Waals surface area contributed by atoms with Crippen LogP contribution in [-0.2, 0) is 4.79 Å². The fourth-order valence-corrected chi connectivity index (χ4v) is 2.87. The van der Waals surface area contributed by atoms with Crippen molar-refractivity contribution in [1.82, 2.24) is 5.32 Å². The number of rotatable bonds is 5. The van der Waals surface area contributed by atoms with E-state index in [1.54, 1.807) is 24.4 Å². The van der Waals surface area contributed by atoms with E-state index in [0.29, 0.717) is 9.88 Å². The summed E-state index contributed by atoms with van der Waals surface area (Å²) in [6.07, 6.45) is 0. The van der Waals surface area contributed by atoms with Crippen molar-refractivity contribution < 1.29 is 19.5 Å². The van der Waals surface area contributed by atoms with Crippen LogP contribution in [0.4, 0.5) is 5.00 Å². The molecule has 0 saturated heterocycles. The molecule has 21 heavy (non-hydrogen) atoms. The molecule has 0 aromatic carbocycles. The van der Waals surface area contributed by atoms with Gasteiger partial charge in [-0.15, -0.1) is 22.7 Å². The molecule has 6 nitrogen and oxygen atoms in total. The maximum absolute atomic E-state index is 11.9. The lowest BCUT2D eigenvalue weighted by Crippen LogP contribution is -2.41. The Morgan fingerprint density at radius 1 is 1.19 bits per heavy atom. The van der Waals surface area contributed by atoms with Crippen LogP contribution < -0.4 is 10.6 Å². The average molecular weight is 324 g/mol. The zero-order valence-corrected chi connectivity index (χ0v) is 12.6. The van der Waals surface area contributed by atoms with Crippen molar-refractivity contribution in [1.29, 1.82) is 0 Å². The van der Waals surface area contributed by atoms with Gasteiger partial charge in [-0.25, -0.2) is 4.79 Å². The predicted molar refractivity (Wildman–Crippen MR) is 81.2 cm³/mol. The molecule has 0 fully saturated rings. The lowest BCUT2D eigenvalue weighted by molar-refractivity contribution is -0.117. The molecule has 2 aromatic heterocycles. The van der Waals surface area contributed by atoms with Crippen molar-refractivity contribution in [2.75, 3.05) is 5.32 Å².